The molecule has 0 aliphatic heterocycles. The topological polar surface area (TPSA) is 29.1 Å². The van der Waals surface area contributed by atoms with E-state index >= 15 is 0 Å². The lowest BCUT2D eigenvalue weighted by Gasteiger charge is -1.98. The maximum atomic E-state index is 10.5. The van der Waals surface area contributed by atoms with Gasteiger partial charge in [0.2, 0.25) is 5.91 Å². The molecule has 60 valence electrons. The third-order valence-electron chi connectivity index (χ3n) is 1.09. The summed E-state index contributed by atoms with van der Waals surface area (Å²) in [6.45, 7) is 1.49. The Balaban J connectivity index is 0.000001000. The molecule has 0 saturated carbocycles. The van der Waals surface area contributed by atoms with Gasteiger partial charge in [-0.1, -0.05) is 18.2 Å². The van der Waals surface area contributed by atoms with Crippen molar-refractivity contribution in [1.82, 2.24) is 0 Å². The van der Waals surface area contributed by atoms with Crippen molar-refractivity contribution in [3.63, 3.8) is 0 Å². The lowest BCUT2D eigenvalue weighted by molar-refractivity contribution is -0.114. The maximum Gasteiger partial charge on any atom is 0.221 e. The lowest BCUT2D eigenvalue weighted by Crippen LogP contribution is -2.04. The fourth-order valence-corrected chi connectivity index (χ4v) is 0.725. The molecule has 0 aliphatic carbocycles. The number of rotatable bonds is 1. The summed E-state index contributed by atoms with van der Waals surface area (Å²) in [6, 6.07) is 9.37. The Bertz CT molecular complexity index is 223. The van der Waals surface area contributed by atoms with Crippen LogP contribution in [0.2, 0.25) is 0 Å². The predicted molar refractivity (Wildman–Crippen MR) is 51.1 cm³/mol. The van der Waals surface area contributed by atoms with Crippen LogP contribution in [0.4, 0.5) is 5.69 Å². The first kappa shape index (κ1) is 10.2. The Hall–Kier alpha value is -0.830. The summed E-state index contributed by atoms with van der Waals surface area (Å²) in [6.07, 6.45) is 0. The Kier molecular flexibility index (Phi) is 4.54. The van der Waals surface area contributed by atoms with Gasteiger partial charge in [0.15, 0.2) is 0 Å². The van der Waals surface area contributed by atoms with Crippen molar-refractivity contribution < 1.29 is 4.79 Å². The largest absolute Gasteiger partial charge is 0.326 e. The van der Waals surface area contributed by atoms with Crippen LogP contribution in [0, 0.1) is 0 Å². The van der Waals surface area contributed by atoms with E-state index in [-0.39, 0.29) is 22.9 Å². The second-order valence-electron chi connectivity index (χ2n) is 2.05. The number of nitrogens with one attached hydrogen (secondary N) is 1. The highest BCUT2D eigenvalue weighted by molar-refractivity contribution is 8.93. The minimum Gasteiger partial charge on any atom is -0.326 e. The average molecular weight is 216 g/mol. The van der Waals surface area contributed by atoms with Crippen LogP contribution >= 0.6 is 17.0 Å². The van der Waals surface area contributed by atoms with Gasteiger partial charge in [-0.25, -0.2) is 0 Å². The number of hydrogen-bond acceptors (Lipinski definition) is 1. The molecular formula is C8H10BrNO. The molecule has 2 nitrogen and oxygen atoms in total. The molecule has 0 saturated heterocycles. The van der Waals surface area contributed by atoms with Gasteiger partial charge in [0.25, 0.3) is 0 Å². The van der Waals surface area contributed by atoms with Crippen LogP contribution in [0.5, 0.6) is 0 Å². The molecule has 1 aromatic carbocycles. The van der Waals surface area contributed by atoms with Crippen molar-refractivity contribution in [2.45, 2.75) is 6.92 Å². The van der Waals surface area contributed by atoms with Gasteiger partial charge in [0.1, 0.15) is 0 Å². The first-order chi connectivity index (χ1) is 4.79. The molecule has 1 rings (SSSR count). The number of amides is 1. The van der Waals surface area contributed by atoms with E-state index in [0.717, 1.165) is 5.69 Å². The zero-order chi connectivity index (χ0) is 7.40. The van der Waals surface area contributed by atoms with Crippen molar-refractivity contribution >= 4 is 28.6 Å². The summed E-state index contributed by atoms with van der Waals surface area (Å²) in [5, 5.41) is 2.67. The van der Waals surface area contributed by atoms with Gasteiger partial charge in [0, 0.05) is 12.6 Å². The van der Waals surface area contributed by atoms with Crippen molar-refractivity contribution in [3.8, 4) is 0 Å². The Morgan fingerprint density at radius 2 is 1.82 bits per heavy atom. The molecule has 0 aromatic heterocycles. The van der Waals surface area contributed by atoms with Gasteiger partial charge in [-0.05, 0) is 12.1 Å². The molecule has 0 radical (unpaired) electrons. The monoisotopic (exact) mass is 215 g/mol. The molecule has 0 heterocycles. The minimum absolute atomic E-state index is 0. The van der Waals surface area contributed by atoms with Crippen molar-refractivity contribution in [3.05, 3.63) is 30.3 Å². The molecule has 1 N–H and O–H groups in total. The molecule has 0 unspecified atom stereocenters. The van der Waals surface area contributed by atoms with Crippen molar-refractivity contribution in [2.24, 2.45) is 0 Å². The first-order valence-corrected chi connectivity index (χ1v) is 3.11. The summed E-state index contributed by atoms with van der Waals surface area (Å²) >= 11 is 0. The summed E-state index contributed by atoms with van der Waals surface area (Å²) in [5.41, 5.74) is 0.843. The van der Waals surface area contributed by atoms with E-state index in [2.05, 4.69) is 5.32 Å². The predicted octanol–water partition coefficient (Wildman–Crippen LogP) is 2.22. The van der Waals surface area contributed by atoms with Crippen LogP contribution in [-0.2, 0) is 4.79 Å². The van der Waals surface area contributed by atoms with E-state index in [4.69, 9.17) is 0 Å². The fraction of sp³-hybridized carbons (Fsp3) is 0.125. The van der Waals surface area contributed by atoms with Crippen molar-refractivity contribution in [2.75, 3.05) is 5.32 Å². The summed E-state index contributed by atoms with van der Waals surface area (Å²) < 4.78 is 0. The van der Waals surface area contributed by atoms with Crippen LogP contribution in [0.25, 0.3) is 0 Å². The number of halogens is 1. The van der Waals surface area contributed by atoms with Gasteiger partial charge in [0.05, 0.1) is 0 Å². The highest BCUT2D eigenvalue weighted by Gasteiger charge is 1.90. The van der Waals surface area contributed by atoms with Gasteiger partial charge < -0.3 is 5.32 Å². The number of carbonyl (C=O) groups is 1. The smallest absolute Gasteiger partial charge is 0.221 e. The Morgan fingerprint density at radius 1 is 1.27 bits per heavy atom. The van der Waals surface area contributed by atoms with Gasteiger partial charge in [-0.15, -0.1) is 17.0 Å². The molecule has 1 aromatic rings. The first-order valence-electron chi connectivity index (χ1n) is 3.11. The third kappa shape index (κ3) is 3.78. The molecule has 0 spiro atoms. The molecule has 0 fully saturated rings. The number of hydrogen-bond donors (Lipinski definition) is 1. The second kappa shape index (κ2) is 4.91. The average Bonchev–Trinajstić information content (AvgIpc) is 1.88. The molecular weight excluding hydrogens is 206 g/mol. The van der Waals surface area contributed by atoms with Gasteiger partial charge in [-0.2, -0.15) is 0 Å². The fourth-order valence-electron chi connectivity index (χ4n) is 0.725. The molecule has 11 heavy (non-hydrogen) atoms. The van der Waals surface area contributed by atoms with E-state index < -0.39 is 0 Å². The normalized spacial score (nSPS) is 8.09. The Labute approximate surface area is 76.4 Å². The maximum absolute atomic E-state index is 10.5. The van der Waals surface area contributed by atoms with E-state index in [0.29, 0.717) is 0 Å². The van der Waals surface area contributed by atoms with Crippen LogP contribution < -0.4 is 5.32 Å². The zero-order valence-corrected chi connectivity index (χ0v) is 7.92. The second-order valence-corrected chi connectivity index (χ2v) is 2.05. The molecule has 0 aliphatic rings. The lowest BCUT2D eigenvalue weighted by atomic mass is 10.3. The van der Waals surface area contributed by atoms with Crippen LogP contribution in [0.15, 0.2) is 30.3 Å². The number of para-hydroxylation sites is 1. The minimum atomic E-state index is -0.0359. The van der Waals surface area contributed by atoms with E-state index in [9.17, 15) is 4.79 Å². The molecule has 0 atom stereocenters. The highest BCUT2D eigenvalue weighted by atomic mass is 79.9. The Morgan fingerprint density at radius 3 is 2.27 bits per heavy atom. The van der Waals surface area contributed by atoms with Crippen LogP contribution in [0.1, 0.15) is 6.92 Å². The third-order valence-corrected chi connectivity index (χ3v) is 1.09. The van der Waals surface area contributed by atoms with E-state index in [1.165, 1.54) is 6.92 Å². The number of benzene rings is 1. The van der Waals surface area contributed by atoms with E-state index in [1.807, 2.05) is 30.3 Å². The molecule has 0 bridgehead atoms. The number of carbonyl (C=O) groups excluding carboxylic acids is 1. The van der Waals surface area contributed by atoms with Crippen LogP contribution in [0.3, 0.4) is 0 Å². The SMILES string of the molecule is Br.CC(=O)Nc1ccccc1. The zero-order valence-electron chi connectivity index (χ0n) is 6.20. The molecule has 3 heteroatoms. The summed E-state index contributed by atoms with van der Waals surface area (Å²) in [7, 11) is 0. The summed E-state index contributed by atoms with van der Waals surface area (Å²) in [5.74, 6) is -0.0359. The van der Waals surface area contributed by atoms with E-state index in [1.54, 1.807) is 0 Å². The number of anilines is 1. The standard InChI is InChI=1S/C8H9NO.BrH/c1-7(10)9-8-5-3-2-4-6-8;/h2-6H,1H3,(H,9,10);1H. The van der Waals surface area contributed by atoms with Gasteiger partial charge in [-0.3, -0.25) is 4.79 Å². The summed E-state index contributed by atoms with van der Waals surface area (Å²) in [4.78, 5) is 10.5. The highest BCUT2D eigenvalue weighted by Crippen LogP contribution is 2.03. The van der Waals surface area contributed by atoms with Crippen LogP contribution in [-0.4, -0.2) is 5.91 Å². The van der Waals surface area contributed by atoms with Gasteiger partial charge >= 0.3 is 0 Å². The molecule has 1 amide bonds. The quantitative estimate of drug-likeness (QED) is 0.766. The van der Waals surface area contributed by atoms with Crippen molar-refractivity contribution in [1.29, 1.82) is 0 Å².